The predicted octanol–water partition coefficient (Wildman–Crippen LogP) is 3.27. The van der Waals surface area contributed by atoms with Gasteiger partial charge < -0.3 is 10.7 Å². The van der Waals surface area contributed by atoms with Crippen LogP contribution in [-0.2, 0) is 5.54 Å². The molecule has 1 aliphatic rings. The summed E-state index contributed by atoms with van der Waals surface area (Å²) in [6.45, 7) is 0. The summed E-state index contributed by atoms with van der Waals surface area (Å²) in [5.41, 5.74) is 8.54. The molecule has 3 N–H and O–H groups in total. The van der Waals surface area contributed by atoms with Crippen molar-refractivity contribution in [3.05, 3.63) is 34.4 Å². The largest absolute Gasteiger partial charge is 0.357 e. The number of hydrogen-bond donors (Lipinski definition) is 2. The van der Waals surface area contributed by atoms with E-state index in [1.165, 1.54) is 17.5 Å². The van der Waals surface area contributed by atoms with Crippen molar-refractivity contribution in [3.8, 4) is 0 Å². The van der Waals surface area contributed by atoms with Crippen LogP contribution in [0.15, 0.2) is 28.7 Å². The number of nitrogens with one attached hydrogen (secondary N) is 1. The maximum absolute atomic E-state index is 6.28. The molecule has 0 unspecified atom stereocenters. The van der Waals surface area contributed by atoms with Gasteiger partial charge >= 0.3 is 0 Å². The van der Waals surface area contributed by atoms with Gasteiger partial charge in [-0.2, -0.15) is 0 Å². The van der Waals surface area contributed by atoms with E-state index >= 15 is 0 Å². The van der Waals surface area contributed by atoms with Crippen LogP contribution in [0.5, 0.6) is 0 Å². The molecule has 15 heavy (non-hydrogen) atoms. The second-order valence-corrected chi connectivity index (χ2v) is 5.34. The van der Waals surface area contributed by atoms with Gasteiger partial charge in [-0.1, -0.05) is 22.0 Å². The highest BCUT2D eigenvalue weighted by Gasteiger charge is 2.35. The molecule has 1 heterocycles. The summed E-state index contributed by atoms with van der Waals surface area (Å²) in [6, 6.07) is 8.45. The number of rotatable bonds is 1. The second-order valence-electron chi connectivity index (χ2n) is 4.42. The van der Waals surface area contributed by atoms with Gasteiger partial charge in [0.1, 0.15) is 0 Å². The lowest BCUT2D eigenvalue weighted by Gasteiger charge is -2.37. The molecule has 3 rings (SSSR count). The Balaban J connectivity index is 2.14. The third-order valence-electron chi connectivity index (χ3n) is 3.37. The topological polar surface area (TPSA) is 41.8 Å². The smallest absolute Gasteiger partial charge is 0.0561 e. The third-order valence-corrected chi connectivity index (χ3v) is 3.86. The minimum atomic E-state index is -0.0918. The zero-order chi connectivity index (χ0) is 10.5. The second kappa shape index (κ2) is 3.09. The standard InChI is InChI=1S/C12H13BrN2/c13-9-3-2-8-6-11(15-10(8)7-9)12(14)4-1-5-12/h2-3,6-7,15H,1,4-5,14H2. The van der Waals surface area contributed by atoms with Crippen LogP contribution in [0.3, 0.4) is 0 Å². The van der Waals surface area contributed by atoms with Crippen LogP contribution < -0.4 is 5.73 Å². The predicted molar refractivity (Wildman–Crippen MR) is 65.7 cm³/mol. The molecule has 3 heteroatoms. The molecule has 1 saturated carbocycles. The monoisotopic (exact) mass is 264 g/mol. The Labute approximate surface area is 97.0 Å². The van der Waals surface area contributed by atoms with Crippen LogP contribution in [0.25, 0.3) is 10.9 Å². The van der Waals surface area contributed by atoms with Gasteiger partial charge in [0.15, 0.2) is 0 Å². The molecule has 1 aliphatic carbocycles. The van der Waals surface area contributed by atoms with E-state index in [0.717, 1.165) is 22.8 Å². The lowest BCUT2D eigenvalue weighted by Crippen LogP contribution is -2.43. The molecule has 0 spiro atoms. The molecular weight excluding hydrogens is 252 g/mol. The Morgan fingerprint density at radius 1 is 1.27 bits per heavy atom. The molecule has 0 bridgehead atoms. The van der Waals surface area contributed by atoms with Crippen LogP contribution in [0.1, 0.15) is 25.0 Å². The number of fused-ring (bicyclic) bond motifs is 1. The van der Waals surface area contributed by atoms with Gasteiger partial charge in [0, 0.05) is 15.7 Å². The number of H-pyrrole nitrogens is 1. The Kier molecular flexibility index (Phi) is 1.94. The maximum Gasteiger partial charge on any atom is 0.0561 e. The number of aromatic nitrogens is 1. The van der Waals surface area contributed by atoms with Crippen LogP contribution in [-0.4, -0.2) is 4.98 Å². The fraction of sp³-hybridized carbons (Fsp3) is 0.333. The first kappa shape index (κ1) is 9.43. The highest BCUT2D eigenvalue weighted by molar-refractivity contribution is 9.10. The van der Waals surface area contributed by atoms with E-state index in [9.17, 15) is 0 Å². The molecule has 0 radical (unpaired) electrons. The SMILES string of the molecule is NC1(c2cc3ccc(Br)cc3[nH]2)CCC1. The van der Waals surface area contributed by atoms with Crippen molar-refractivity contribution in [2.24, 2.45) is 5.73 Å². The molecule has 1 aromatic heterocycles. The van der Waals surface area contributed by atoms with Crippen molar-refractivity contribution < 1.29 is 0 Å². The van der Waals surface area contributed by atoms with E-state index in [4.69, 9.17) is 5.73 Å². The molecule has 78 valence electrons. The highest BCUT2D eigenvalue weighted by atomic mass is 79.9. The summed E-state index contributed by atoms with van der Waals surface area (Å²) in [5.74, 6) is 0. The average molecular weight is 265 g/mol. The number of hydrogen-bond acceptors (Lipinski definition) is 1. The zero-order valence-electron chi connectivity index (χ0n) is 8.39. The molecule has 1 aromatic carbocycles. The van der Waals surface area contributed by atoms with Gasteiger partial charge in [-0.25, -0.2) is 0 Å². The summed E-state index contributed by atoms with van der Waals surface area (Å²) in [4.78, 5) is 3.42. The lowest BCUT2D eigenvalue weighted by molar-refractivity contribution is 0.248. The van der Waals surface area contributed by atoms with E-state index in [0.29, 0.717) is 0 Å². The van der Waals surface area contributed by atoms with Crippen LogP contribution in [0.2, 0.25) is 0 Å². The molecule has 1 fully saturated rings. The highest BCUT2D eigenvalue weighted by Crippen LogP contribution is 2.39. The minimum absolute atomic E-state index is 0.0918. The van der Waals surface area contributed by atoms with Gasteiger partial charge in [0.2, 0.25) is 0 Å². The minimum Gasteiger partial charge on any atom is -0.357 e. The Morgan fingerprint density at radius 2 is 2.07 bits per heavy atom. The zero-order valence-corrected chi connectivity index (χ0v) is 9.97. The first-order valence-electron chi connectivity index (χ1n) is 5.25. The van der Waals surface area contributed by atoms with Crippen LogP contribution >= 0.6 is 15.9 Å². The van der Waals surface area contributed by atoms with Crippen LogP contribution in [0, 0.1) is 0 Å². The van der Waals surface area contributed by atoms with E-state index in [1.807, 2.05) is 0 Å². The van der Waals surface area contributed by atoms with Gasteiger partial charge in [-0.15, -0.1) is 0 Å². The third kappa shape index (κ3) is 1.42. The first-order valence-corrected chi connectivity index (χ1v) is 6.04. The van der Waals surface area contributed by atoms with Crippen molar-refractivity contribution in [1.29, 1.82) is 0 Å². The average Bonchev–Trinajstić information content (AvgIpc) is 2.57. The summed E-state index contributed by atoms with van der Waals surface area (Å²) < 4.78 is 1.10. The van der Waals surface area contributed by atoms with Gasteiger partial charge in [0.25, 0.3) is 0 Å². The molecule has 0 atom stereocenters. The number of benzene rings is 1. The van der Waals surface area contributed by atoms with Crippen molar-refractivity contribution in [2.75, 3.05) is 0 Å². The molecular formula is C12H13BrN2. The van der Waals surface area contributed by atoms with E-state index in [2.05, 4.69) is 45.2 Å². The maximum atomic E-state index is 6.28. The van der Waals surface area contributed by atoms with Gasteiger partial charge in [0.05, 0.1) is 5.54 Å². The van der Waals surface area contributed by atoms with Crippen LogP contribution in [0.4, 0.5) is 0 Å². The summed E-state index contributed by atoms with van der Waals surface area (Å²) >= 11 is 3.47. The molecule has 2 aromatic rings. The van der Waals surface area contributed by atoms with Crippen molar-refractivity contribution >= 4 is 26.8 Å². The summed E-state index contributed by atoms with van der Waals surface area (Å²) in [5, 5.41) is 1.24. The van der Waals surface area contributed by atoms with Gasteiger partial charge in [-0.3, -0.25) is 0 Å². The number of halogens is 1. The number of aromatic amines is 1. The fourth-order valence-corrected chi connectivity index (χ4v) is 2.56. The summed E-state index contributed by atoms with van der Waals surface area (Å²) in [7, 11) is 0. The van der Waals surface area contributed by atoms with Crippen molar-refractivity contribution in [2.45, 2.75) is 24.8 Å². The van der Waals surface area contributed by atoms with Crippen molar-refractivity contribution in [1.82, 2.24) is 4.98 Å². The number of nitrogens with two attached hydrogens (primary N) is 1. The molecule has 2 nitrogen and oxygen atoms in total. The lowest BCUT2D eigenvalue weighted by atomic mass is 9.75. The Bertz CT molecular complexity index is 511. The summed E-state index contributed by atoms with van der Waals surface area (Å²) in [6.07, 6.45) is 3.44. The molecule has 0 saturated heterocycles. The first-order chi connectivity index (χ1) is 7.17. The Morgan fingerprint density at radius 3 is 2.73 bits per heavy atom. The normalized spacial score (nSPS) is 19.1. The van der Waals surface area contributed by atoms with Crippen molar-refractivity contribution in [3.63, 3.8) is 0 Å². The quantitative estimate of drug-likeness (QED) is 0.816. The Hall–Kier alpha value is -0.800. The van der Waals surface area contributed by atoms with E-state index < -0.39 is 0 Å². The van der Waals surface area contributed by atoms with E-state index in [1.54, 1.807) is 0 Å². The molecule has 0 amide bonds. The van der Waals surface area contributed by atoms with E-state index in [-0.39, 0.29) is 5.54 Å². The van der Waals surface area contributed by atoms with Gasteiger partial charge in [-0.05, 0) is 42.8 Å². The fourth-order valence-electron chi connectivity index (χ4n) is 2.19. The molecule has 0 aliphatic heterocycles.